The van der Waals surface area contributed by atoms with E-state index < -0.39 is 43.5 Å². The van der Waals surface area contributed by atoms with E-state index in [0.717, 1.165) is 13.4 Å². The molecule has 0 amide bonds. The highest BCUT2D eigenvalue weighted by atomic mass is 32.2. The first-order valence-electron chi connectivity index (χ1n) is 8.39. The SMILES string of the molecule is CCOC(=O)C1=NC(S(C)(=O)=O)N(OC)C(Oc2cc(C#N)ccc2C)=C1[N+](=O)[O-]. The minimum Gasteiger partial charge on any atom is -0.461 e. The molecule has 2 rings (SSSR count). The van der Waals surface area contributed by atoms with Gasteiger partial charge in [-0.3, -0.25) is 15.0 Å². The first-order valence-corrected chi connectivity index (χ1v) is 10.3. The smallest absolute Gasteiger partial charge is 0.364 e. The van der Waals surface area contributed by atoms with Crippen molar-refractivity contribution in [3.8, 4) is 11.8 Å². The topological polar surface area (TPSA) is 161 Å². The van der Waals surface area contributed by atoms with E-state index in [1.807, 2.05) is 6.07 Å². The Hall–Kier alpha value is -3.50. The van der Waals surface area contributed by atoms with Crippen molar-refractivity contribution >= 4 is 21.5 Å². The van der Waals surface area contributed by atoms with Crippen molar-refractivity contribution in [1.82, 2.24) is 5.06 Å². The van der Waals surface area contributed by atoms with Gasteiger partial charge in [-0.15, -0.1) is 0 Å². The van der Waals surface area contributed by atoms with Gasteiger partial charge in [0.15, 0.2) is 9.84 Å². The molecule has 0 aromatic heterocycles. The molecule has 0 N–H and O–H groups in total. The minimum absolute atomic E-state index is 0.0165. The molecule has 0 spiro atoms. The Morgan fingerprint density at radius 3 is 2.60 bits per heavy atom. The lowest BCUT2D eigenvalue weighted by atomic mass is 10.1. The molecule has 1 atom stereocenters. The van der Waals surface area contributed by atoms with Crippen LogP contribution in [0.3, 0.4) is 0 Å². The summed E-state index contributed by atoms with van der Waals surface area (Å²) in [4.78, 5) is 31.9. The largest absolute Gasteiger partial charge is 0.461 e. The zero-order chi connectivity index (χ0) is 22.6. The van der Waals surface area contributed by atoms with E-state index >= 15 is 0 Å². The molecule has 1 aromatic rings. The number of benzene rings is 1. The molecule has 1 aliphatic rings. The molecule has 1 aromatic carbocycles. The molecule has 0 saturated heterocycles. The van der Waals surface area contributed by atoms with Crippen LogP contribution in [0.4, 0.5) is 0 Å². The van der Waals surface area contributed by atoms with Crippen LogP contribution < -0.4 is 4.74 Å². The van der Waals surface area contributed by atoms with Crippen LogP contribution in [-0.2, 0) is 24.2 Å². The highest BCUT2D eigenvalue weighted by molar-refractivity contribution is 7.91. The number of rotatable bonds is 7. The summed E-state index contributed by atoms with van der Waals surface area (Å²) < 4.78 is 34.9. The Balaban J connectivity index is 2.78. The number of hydrogen-bond donors (Lipinski definition) is 0. The zero-order valence-electron chi connectivity index (χ0n) is 16.5. The van der Waals surface area contributed by atoms with Crippen LogP contribution in [0.2, 0.25) is 0 Å². The summed E-state index contributed by atoms with van der Waals surface area (Å²) in [7, 11) is -2.99. The Bertz CT molecular complexity index is 1090. The molecule has 13 heteroatoms. The van der Waals surface area contributed by atoms with Gasteiger partial charge >= 0.3 is 17.5 Å². The monoisotopic (exact) mass is 438 g/mol. The van der Waals surface area contributed by atoms with Gasteiger partial charge in [0.1, 0.15) is 5.75 Å². The lowest BCUT2D eigenvalue weighted by molar-refractivity contribution is -0.421. The van der Waals surface area contributed by atoms with Crippen molar-refractivity contribution in [3.63, 3.8) is 0 Å². The molecule has 0 bridgehead atoms. The third-order valence-electron chi connectivity index (χ3n) is 3.82. The average Bonchev–Trinajstić information content (AvgIpc) is 2.67. The second-order valence-corrected chi connectivity index (χ2v) is 8.05. The number of carbonyl (C=O) groups is 1. The van der Waals surface area contributed by atoms with Crippen LogP contribution in [0.15, 0.2) is 34.8 Å². The number of carbonyl (C=O) groups excluding carboxylic acids is 1. The molecule has 12 nitrogen and oxygen atoms in total. The molecule has 160 valence electrons. The molecule has 0 aliphatic carbocycles. The molecule has 0 radical (unpaired) electrons. The van der Waals surface area contributed by atoms with Crippen molar-refractivity contribution in [1.29, 1.82) is 5.26 Å². The van der Waals surface area contributed by atoms with Crippen LogP contribution in [0.5, 0.6) is 5.75 Å². The standard InChI is InChI=1S/C17H18N4O8S/c1-5-28-16(22)13-14(21(23)24)15(20(27-3)17(19-13)30(4,25)26)29-12-8-11(9-18)7-6-10(12)2/h6-8,17H,5H2,1-4H3. The van der Waals surface area contributed by atoms with Gasteiger partial charge in [0.25, 0.3) is 5.50 Å². The van der Waals surface area contributed by atoms with Crippen LogP contribution in [0.25, 0.3) is 0 Å². The number of sulfone groups is 1. The van der Waals surface area contributed by atoms with Crippen molar-refractivity contribution in [3.05, 3.63) is 51.0 Å². The Kier molecular flexibility index (Phi) is 6.75. The van der Waals surface area contributed by atoms with Crippen molar-refractivity contribution in [2.45, 2.75) is 19.3 Å². The number of esters is 1. The fourth-order valence-electron chi connectivity index (χ4n) is 2.46. The van der Waals surface area contributed by atoms with Crippen molar-refractivity contribution in [2.75, 3.05) is 20.0 Å². The number of ether oxygens (including phenoxy) is 2. The first-order chi connectivity index (χ1) is 14.0. The van der Waals surface area contributed by atoms with Gasteiger partial charge in [-0.05, 0) is 31.5 Å². The lowest BCUT2D eigenvalue weighted by Crippen LogP contribution is -2.47. The summed E-state index contributed by atoms with van der Waals surface area (Å²) in [5, 5.41) is 21.5. The lowest BCUT2D eigenvalue weighted by Gasteiger charge is -2.31. The molecule has 0 fully saturated rings. The van der Waals surface area contributed by atoms with Crippen LogP contribution in [-0.4, -0.2) is 55.6 Å². The third-order valence-corrected chi connectivity index (χ3v) is 4.88. The summed E-state index contributed by atoms with van der Waals surface area (Å²) in [6.07, 6.45) is 0.812. The highest BCUT2D eigenvalue weighted by Crippen LogP contribution is 2.30. The molecular weight excluding hydrogens is 420 g/mol. The van der Waals surface area contributed by atoms with E-state index in [4.69, 9.17) is 19.6 Å². The van der Waals surface area contributed by atoms with Crippen molar-refractivity contribution in [2.24, 2.45) is 4.99 Å². The van der Waals surface area contributed by atoms with Gasteiger partial charge in [-0.25, -0.2) is 18.2 Å². The summed E-state index contributed by atoms with van der Waals surface area (Å²) in [5.41, 5.74) is -2.96. The van der Waals surface area contributed by atoms with Crippen molar-refractivity contribution < 1.29 is 32.4 Å². The maximum absolute atomic E-state index is 12.3. The van der Waals surface area contributed by atoms with Gasteiger partial charge in [-0.1, -0.05) is 6.07 Å². The maximum atomic E-state index is 12.3. The number of nitriles is 1. The maximum Gasteiger partial charge on any atom is 0.364 e. The summed E-state index contributed by atoms with van der Waals surface area (Å²) in [6, 6.07) is 6.24. The molecular formula is C17H18N4O8S. The van der Waals surface area contributed by atoms with Gasteiger partial charge in [0, 0.05) is 6.26 Å². The number of hydrogen-bond acceptors (Lipinski definition) is 11. The average molecular weight is 438 g/mol. The summed E-state index contributed by atoms with van der Waals surface area (Å²) in [6.45, 7) is 2.96. The van der Waals surface area contributed by atoms with Gasteiger partial charge in [0.05, 0.1) is 30.3 Å². The number of nitrogens with zero attached hydrogens (tertiary/aromatic N) is 4. The number of aliphatic imine (C=N–C) groups is 1. The second kappa shape index (κ2) is 8.89. The van der Waals surface area contributed by atoms with Crippen LogP contribution in [0.1, 0.15) is 18.1 Å². The van der Waals surface area contributed by atoms with E-state index in [-0.39, 0.29) is 17.9 Å². The third kappa shape index (κ3) is 4.56. The Morgan fingerprint density at radius 2 is 2.10 bits per heavy atom. The molecule has 1 unspecified atom stereocenters. The Labute approximate surface area is 172 Å². The normalized spacial score (nSPS) is 16.6. The van der Waals surface area contributed by atoms with Gasteiger partial charge in [-0.2, -0.15) is 10.3 Å². The zero-order valence-corrected chi connectivity index (χ0v) is 17.3. The molecule has 0 saturated carbocycles. The fourth-order valence-corrected chi connectivity index (χ4v) is 3.29. The van der Waals surface area contributed by atoms with Crippen LogP contribution in [0, 0.1) is 28.4 Å². The Morgan fingerprint density at radius 1 is 1.43 bits per heavy atom. The van der Waals surface area contributed by atoms with E-state index in [9.17, 15) is 23.3 Å². The highest BCUT2D eigenvalue weighted by Gasteiger charge is 2.47. The minimum atomic E-state index is -4.05. The van der Waals surface area contributed by atoms with Gasteiger partial charge < -0.3 is 9.47 Å². The number of nitro groups is 1. The molecule has 30 heavy (non-hydrogen) atoms. The van der Waals surface area contributed by atoms with E-state index in [2.05, 4.69) is 4.99 Å². The summed E-state index contributed by atoms with van der Waals surface area (Å²) >= 11 is 0. The second-order valence-electron chi connectivity index (χ2n) is 5.97. The predicted molar refractivity (Wildman–Crippen MR) is 102 cm³/mol. The van der Waals surface area contributed by atoms with Gasteiger partial charge in [0.2, 0.25) is 5.71 Å². The molecule has 1 heterocycles. The van der Waals surface area contributed by atoms with E-state index in [1.54, 1.807) is 6.92 Å². The molecule has 1 aliphatic heterocycles. The van der Waals surface area contributed by atoms with E-state index in [0.29, 0.717) is 10.6 Å². The van der Waals surface area contributed by atoms with E-state index in [1.165, 1.54) is 25.1 Å². The van der Waals surface area contributed by atoms with Crippen LogP contribution >= 0.6 is 0 Å². The number of hydroxylamine groups is 2. The first kappa shape index (κ1) is 22.8. The summed E-state index contributed by atoms with van der Waals surface area (Å²) in [5.74, 6) is -1.88. The quantitative estimate of drug-likeness (QED) is 0.340. The fraction of sp³-hybridized carbons (Fsp3) is 0.353. The predicted octanol–water partition coefficient (Wildman–Crippen LogP) is 0.901. The number of aryl methyl sites for hydroxylation is 1.